The maximum atomic E-state index is 5.97. The molecule has 0 radical (unpaired) electrons. The summed E-state index contributed by atoms with van der Waals surface area (Å²) < 4.78 is 17.9. The minimum Gasteiger partial charge on any atom is -0.374 e. The zero-order chi connectivity index (χ0) is 11.6. The highest BCUT2D eigenvalue weighted by molar-refractivity contribution is 6.63. The first kappa shape index (κ1) is 12.6. The molecule has 4 heteroatoms. The van der Waals surface area contributed by atoms with Gasteiger partial charge in [-0.25, -0.2) is 0 Å². The lowest BCUT2D eigenvalue weighted by Crippen LogP contribution is -2.47. The SMILES string of the molecule is CCO[Si](OCC)(OCC)C1C2CCCC21. The fraction of sp³-hybridized carbons (Fsp3) is 1.00. The summed E-state index contributed by atoms with van der Waals surface area (Å²) in [5.41, 5.74) is 0.612. The number of hydrogen-bond donors (Lipinski definition) is 0. The van der Waals surface area contributed by atoms with Crippen molar-refractivity contribution in [3.8, 4) is 0 Å². The van der Waals surface area contributed by atoms with E-state index in [0.717, 1.165) is 11.8 Å². The summed E-state index contributed by atoms with van der Waals surface area (Å²) in [5.74, 6) is 1.69. The van der Waals surface area contributed by atoms with Gasteiger partial charge in [0, 0.05) is 25.4 Å². The van der Waals surface area contributed by atoms with E-state index in [2.05, 4.69) is 0 Å². The Bertz CT molecular complexity index is 207. The summed E-state index contributed by atoms with van der Waals surface area (Å²) >= 11 is 0. The summed E-state index contributed by atoms with van der Waals surface area (Å²) in [6.45, 7) is 8.25. The number of rotatable bonds is 7. The largest absolute Gasteiger partial charge is 0.504 e. The summed E-state index contributed by atoms with van der Waals surface area (Å²) in [7, 11) is -2.36. The Morgan fingerprint density at radius 3 is 1.69 bits per heavy atom. The lowest BCUT2D eigenvalue weighted by atomic mass is 10.2. The van der Waals surface area contributed by atoms with Gasteiger partial charge < -0.3 is 13.3 Å². The molecule has 0 aliphatic heterocycles. The third-order valence-corrected chi connectivity index (χ3v) is 7.60. The molecule has 0 N–H and O–H groups in total. The van der Waals surface area contributed by atoms with Crippen LogP contribution < -0.4 is 0 Å². The molecule has 0 bridgehead atoms. The van der Waals surface area contributed by atoms with Crippen molar-refractivity contribution in [3.05, 3.63) is 0 Å². The molecule has 0 aromatic rings. The third-order valence-electron chi connectivity index (χ3n) is 3.85. The average Bonchev–Trinajstić information content (AvgIpc) is 2.75. The maximum absolute atomic E-state index is 5.97. The molecule has 3 nitrogen and oxygen atoms in total. The minimum atomic E-state index is -2.36. The minimum absolute atomic E-state index is 0.612. The second-order valence-electron chi connectivity index (χ2n) is 4.69. The van der Waals surface area contributed by atoms with E-state index in [1.54, 1.807) is 0 Å². The van der Waals surface area contributed by atoms with E-state index in [1.807, 2.05) is 20.8 Å². The summed E-state index contributed by atoms with van der Waals surface area (Å²) in [4.78, 5) is 0. The van der Waals surface area contributed by atoms with E-state index in [9.17, 15) is 0 Å². The van der Waals surface area contributed by atoms with Gasteiger partial charge in [0.15, 0.2) is 0 Å². The molecule has 0 aromatic carbocycles. The van der Waals surface area contributed by atoms with Crippen molar-refractivity contribution in [2.45, 2.75) is 45.6 Å². The predicted molar refractivity (Wildman–Crippen MR) is 65.2 cm³/mol. The van der Waals surface area contributed by atoms with Crippen molar-refractivity contribution in [1.29, 1.82) is 0 Å². The molecule has 0 spiro atoms. The van der Waals surface area contributed by atoms with E-state index < -0.39 is 8.80 Å². The topological polar surface area (TPSA) is 27.7 Å². The number of hydrogen-bond acceptors (Lipinski definition) is 3. The zero-order valence-electron chi connectivity index (χ0n) is 10.7. The van der Waals surface area contributed by atoms with E-state index in [4.69, 9.17) is 13.3 Å². The number of fused-ring (bicyclic) bond motifs is 1. The fourth-order valence-electron chi connectivity index (χ4n) is 3.36. The molecule has 94 valence electrons. The van der Waals surface area contributed by atoms with Crippen LogP contribution in [0, 0.1) is 11.8 Å². The van der Waals surface area contributed by atoms with Crippen molar-refractivity contribution >= 4 is 8.80 Å². The third kappa shape index (κ3) is 2.08. The molecule has 0 saturated heterocycles. The van der Waals surface area contributed by atoms with Gasteiger partial charge in [-0.2, -0.15) is 0 Å². The quantitative estimate of drug-likeness (QED) is 0.645. The highest BCUT2D eigenvalue weighted by atomic mass is 28.4. The molecular formula is C12H24O3Si. The fourth-order valence-corrected chi connectivity index (χ4v) is 7.16. The van der Waals surface area contributed by atoms with E-state index in [0.29, 0.717) is 25.4 Å². The van der Waals surface area contributed by atoms with Crippen molar-refractivity contribution in [2.75, 3.05) is 19.8 Å². The molecule has 2 rings (SSSR count). The summed E-state index contributed by atoms with van der Waals surface area (Å²) in [6.07, 6.45) is 4.11. The average molecular weight is 244 g/mol. The standard InChI is InChI=1S/C12H24O3Si/c1-4-13-16(14-5-2,15-6-3)12-10-8-7-9-11(10)12/h10-12H,4-9H2,1-3H3. The Hall–Kier alpha value is 0.0969. The van der Waals surface area contributed by atoms with Crippen molar-refractivity contribution in [1.82, 2.24) is 0 Å². The van der Waals surface area contributed by atoms with Gasteiger partial charge >= 0.3 is 8.80 Å². The maximum Gasteiger partial charge on any atom is 0.504 e. The monoisotopic (exact) mass is 244 g/mol. The molecule has 2 aliphatic carbocycles. The van der Waals surface area contributed by atoms with E-state index >= 15 is 0 Å². The zero-order valence-corrected chi connectivity index (χ0v) is 11.7. The molecule has 2 saturated carbocycles. The first-order valence-corrected chi connectivity index (χ1v) is 8.51. The van der Waals surface area contributed by atoms with Crippen LogP contribution in [0.3, 0.4) is 0 Å². The molecule has 0 amide bonds. The van der Waals surface area contributed by atoms with Gasteiger partial charge in [-0.3, -0.25) is 0 Å². The van der Waals surface area contributed by atoms with Gasteiger partial charge in [0.2, 0.25) is 0 Å². The van der Waals surface area contributed by atoms with Crippen LogP contribution in [0.25, 0.3) is 0 Å². The van der Waals surface area contributed by atoms with Crippen LogP contribution in [0.15, 0.2) is 0 Å². The Morgan fingerprint density at radius 2 is 1.31 bits per heavy atom. The van der Waals surface area contributed by atoms with Crippen LogP contribution in [-0.2, 0) is 13.3 Å². The Balaban J connectivity index is 2.05. The van der Waals surface area contributed by atoms with Gasteiger partial charge in [0.1, 0.15) is 0 Å². The summed E-state index contributed by atoms with van der Waals surface area (Å²) in [6, 6.07) is 0. The van der Waals surface area contributed by atoms with Crippen LogP contribution in [0.5, 0.6) is 0 Å². The molecule has 2 aliphatic rings. The molecule has 2 atom stereocenters. The Morgan fingerprint density at radius 1 is 0.875 bits per heavy atom. The van der Waals surface area contributed by atoms with Crippen molar-refractivity contribution in [2.24, 2.45) is 11.8 Å². The Labute approximate surface area is 99.8 Å². The highest BCUT2D eigenvalue weighted by Gasteiger charge is 2.68. The smallest absolute Gasteiger partial charge is 0.374 e. The normalized spacial score (nSPS) is 32.8. The molecule has 16 heavy (non-hydrogen) atoms. The van der Waals surface area contributed by atoms with Crippen molar-refractivity contribution < 1.29 is 13.3 Å². The molecular weight excluding hydrogens is 220 g/mol. The first-order chi connectivity index (χ1) is 7.79. The van der Waals surface area contributed by atoms with Gasteiger partial charge in [-0.15, -0.1) is 0 Å². The highest BCUT2D eigenvalue weighted by Crippen LogP contribution is 2.66. The first-order valence-electron chi connectivity index (χ1n) is 6.70. The predicted octanol–water partition coefficient (Wildman–Crippen LogP) is 2.83. The molecule has 2 unspecified atom stereocenters. The lowest BCUT2D eigenvalue weighted by Gasteiger charge is -2.30. The molecule has 2 fully saturated rings. The molecule has 0 heterocycles. The van der Waals surface area contributed by atoms with Crippen LogP contribution in [0.4, 0.5) is 0 Å². The lowest BCUT2D eigenvalue weighted by molar-refractivity contribution is 0.0664. The van der Waals surface area contributed by atoms with Gasteiger partial charge in [-0.05, 0) is 45.4 Å². The van der Waals surface area contributed by atoms with Crippen LogP contribution >= 0.6 is 0 Å². The second kappa shape index (κ2) is 5.17. The van der Waals surface area contributed by atoms with Gasteiger partial charge in [0.25, 0.3) is 0 Å². The summed E-state index contributed by atoms with van der Waals surface area (Å²) in [5, 5.41) is 0. The van der Waals surface area contributed by atoms with E-state index in [-0.39, 0.29) is 0 Å². The van der Waals surface area contributed by atoms with Gasteiger partial charge in [-0.1, -0.05) is 6.42 Å². The van der Waals surface area contributed by atoms with Crippen LogP contribution in [0.1, 0.15) is 40.0 Å². The van der Waals surface area contributed by atoms with Crippen LogP contribution in [0.2, 0.25) is 5.54 Å². The second-order valence-corrected chi connectivity index (χ2v) is 7.43. The van der Waals surface area contributed by atoms with Gasteiger partial charge in [0.05, 0.1) is 0 Å². The Kier molecular flexibility index (Phi) is 4.05. The molecule has 0 aromatic heterocycles. The van der Waals surface area contributed by atoms with E-state index in [1.165, 1.54) is 19.3 Å². The van der Waals surface area contributed by atoms with Crippen LogP contribution in [-0.4, -0.2) is 28.6 Å². The van der Waals surface area contributed by atoms with Crippen molar-refractivity contribution in [3.63, 3.8) is 0 Å².